The van der Waals surface area contributed by atoms with Gasteiger partial charge >= 0.3 is 5.97 Å². The molecule has 1 N–H and O–H groups in total. The van der Waals surface area contributed by atoms with Gasteiger partial charge in [-0.1, -0.05) is 12.5 Å². The quantitative estimate of drug-likeness (QED) is 0.822. The van der Waals surface area contributed by atoms with Crippen molar-refractivity contribution in [2.75, 3.05) is 0 Å². The van der Waals surface area contributed by atoms with E-state index >= 15 is 0 Å². The first-order valence-electron chi connectivity index (χ1n) is 5.59. The molecule has 4 heteroatoms. The number of hydrogen-bond donors (Lipinski definition) is 1. The molecule has 0 unspecified atom stereocenters. The molecule has 86 valence electrons. The van der Waals surface area contributed by atoms with E-state index in [2.05, 4.69) is 11.9 Å². The van der Waals surface area contributed by atoms with Crippen molar-refractivity contribution in [3.63, 3.8) is 0 Å². The Morgan fingerprint density at radius 3 is 3.06 bits per heavy atom. The van der Waals surface area contributed by atoms with Crippen molar-refractivity contribution in [3.8, 4) is 0 Å². The highest BCUT2D eigenvalue weighted by Gasteiger charge is 2.18. The summed E-state index contributed by atoms with van der Waals surface area (Å²) in [5, 5.41) is 9.91. The maximum atomic E-state index is 10.6. The van der Waals surface area contributed by atoms with Crippen LogP contribution in [0.5, 0.6) is 0 Å². The number of aromatic nitrogens is 1. The molecule has 0 radical (unpaired) electrons. The van der Waals surface area contributed by atoms with Crippen LogP contribution in [0.3, 0.4) is 0 Å². The van der Waals surface area contributed by atoms with Crippen LogP contribution in [-0.2, 0) is 24.1 Å². The molecule has 0 bridgehead atoms. The lowest BCUT2D eigenvalue weighted by Crippen LogP contribution is -2.05. The third kappa shape index (κ3) is 2.50. The van der Waals surface area contributed by atoms with Gasteiger partial charge in [0, 0.05) is 17.4 Å². The molecule has 0 amide bonds. The highest BCUT2D eigenvalue weighted by Crippen LogP contribution is 2.30. The van der Waals surface area contributed by atoms with Crippen molar-refractivity contribution >= 4 is 17.3 Å². The Hall–Kier alpha value is -1.16. The summed E-state index contributed by atoms with van der Waals surface area (Å²) in [6.07, 6.45) is 6.02. The monoisotopic (exact) mass is 237 g/mol. The second kappa shape index (κ2) is 4.78. The Morgan fingerprint density at radius 1 is 1.56 bits per heavy atom. The fourth-order valence-corrected chi connectivity index (χ4v) is 3.23. The van der Waals surface area contributed by atoms with Crippen LogP contribution < -0.4 is 0 Å². The highest BCUT2D eigenvalue weighted by atomic mass is 32.1. The summed E-state index contributed by atoms with van der Waals surface area (Å²) in [6.45, 7) is 2.15. The number of allylic oxidation sites excluding steroid dienone is 1. The number of aliphatic carboxylic acids is 1. The topological polar surface area (TPSA) is 50.2 Å². The van der Waals surface area contributed by atoms with Gasteiger partial charge in [0.2, 0.25) is 0 Å². The van der Waals surface area contributed by atoms with Crippen LogP contribution in [0.2, 0.25) is 0 Å². The van der Waals surface area contributed by atoms with Gasteiger partial charge in [0.1, 0.15) is 0 Å². The van der Waals surface area contributed by atoms with Gasteiger partial charge in [-0.15, -0.1) is 11.3 Å². The minimum absolute atomic E-state index is 0.781. The van der Waals surface area contributed by atoms with Gasteiger partial charge in [0.15, 0.2) is 0 Å². The van der Waals surface area contributed by atoms with Crippen molar-refractivity contribution in [3.05, 3.63) is 27.2 Å². The van der Waals surface area contributed by atoms with E-state index in [0.29, 0.717) is 0 Å². The summed E-state index contributed by atoms with van der Waals surface area (Å²) in [6, 6.07) is 0. The van der Waals surface area contributed by atoms with E-state index in [0.717, 1.165) is 37.7 Å². The van der Waals surface area contributed by atoms with Crippen LogP contribution >= 0.6 is 11.3 Å². The number of carbonyl (C=O) groups is 1. The van der Waals surface area contributed by atoms with Crippen LogP contribution in [0.4, 0.5) is 0 Å². The lowest BCUT2D eigenvalue weighted by Gasteiger charge is -2.12. The molecular weight excluding hydrogens is 222 g/mol. The third-order valence-electron chi connectivity index (χ3n) is 2.68. The van der Waals surface area contributed by atoms with Crippen molar-refractivity contribution in [1.29, 1.82) is 0 Å². The first-order valence-corrected chi connectivity index (χ1v) is 6.40. The molecule has 0 aliphatic heterocycles. The molecule has 0 spiro atoms. The fraction of sp³-hybridized carbons (Fsp3) is 0.500. The smallest absolute Gasteiger partial charge is 0.328 e. The van der Waals surface area contributed by atoms with Gasteiger partial charge < -0.3 is 5.11 Å². The average molecular weight is 237 g/mol. The predicted molar refractivity (Wildman–Crippen MR) is 63.9 cm³/mol. The molecule has 1 aromatic rings. The zero-order valence-corrected chi connectivity index (χ0v) is 10.1. The normalized spacial score (nSPS) is 17.4. The SMILES string of the molecule is CCCc1nc2c(s1)C/C(=C/C(=O)O)CC2. The van der Waals surface area contributed by atoms with Crippen LogP contribution in [0.15, 0.2) is 11.6 Å². The largest absolute Gasteiger partial charge is 0.478 e. The molecular formula is C12H15NO2S. The number of aryl methyl sites for hydroxylation is 2. The average Bonchev–Trinajstić information content (AvgIpc) is 2.59. The molecule has 0 atom stereocenters. The number of rotatable bonds is 3. The lowest BCUT2D eigenvalue weighted by molar-refractivity contribution is -0.131. The molecule has 1 aliphatic rings. The number of nitrogens with zero attached hydrogens (tertiary/aromatic N) is 1. The summed E-state index contributed by atoms with van der Waals surface area (Å²) >= 11 is 1.75. The Kier molecular flexibility index (Phi) is 3.39. The van der Waals surface area contributed by atoms with Gasteiger partial charge in [-0.05, 0) is 25.7 Å². The minimum Gasteiger partial charge on any atom is -0.478 e. The predicted octanol–water partition coefficient (Wildman–Crippen LogP) is 2.60. The maximum absolute atomic E-state index is 10.6. The van der Waals surface area contributed by atoms with E-state index in [4.69, 9.17) is 5.11 Å². The molecule has 0 fully saturated rings. The number of hydrogen-bond acceptors (Lipinski definition) is 3. The molecule has 1 heterocycles. The van der Waals surface area contributed by atoms with Crippen LogP contribution in [0, 0.1) is 0 Å². The van der Waals surface area contributed by atoms with Gasteiger partial charge in [0.05, 0.1) is 10.7 Å². The molecule has 1 aliphatic carbocycles. The zero-order valence-electron chi connectivity index (χ0n) is 9.32. The van der Waals surface area contributed by atoms with Crippen LogP contribution in [-0.4, -0.2) is 16.1 Å². The van der Waals surface area contributed by atoms with E-state index in [-0.39, 0.29) is 0 Å². The molecule has 2 rings (SSSR count). The summed E-state index contributed by atoms with van der Waals surface area (Å²) < 4.78 is 0. The Balaban J connectivity index is 2.17. The van der Waals surface area contributed by atoms with Crippen LogP contribution in [0.1, 0.15) is 35.3 Å². The summed E-state index contributed by atoms with van der Waals surface area (Å²) in [5.74, 6) is -0.836. The van der Waals surface area contributed by atoms with E-state index in [9.17, 15) is 4.79 Å². The van der Waals surface area contributed by atoms with E-state index < -0.39 is 5.97 Å². The van der Waals surface area contributed by atoms with Gasteiger partial charge in [-0.2, -0.15) is 0 Å². The Bertz CT molecular complexity index is 434. The third-order valence-corrected chi connectivity index (χ3v) is 3.84. The molecule has 0 saturated heterocycles. The van der Waals surface area contributed by atoms with E-state index in [1.54, 1.807) is 11.3 Å². The van der Waals surface area contributed by atoms with E-state index in [1.165, 1.54) is 21.7 Å². The number of carboxylic acid groups (broad SMARTS) is 1. The maximum Gasteiger partial charge on any atom is 0.328 e. The number of carboxylic acids is 1. The molecule has 3 nitrogen and oxygen atoms in total. The molecule has 0 aromatic carbocycles. The first-order chi connectivity index (χ1) is 7.69. The molecule has 1 aromatic heterocycles. The van der Waals surface area contributed by atoms with Crippen molar-refractivity contribution in [2.24, 2.45) is 0 Å². The van der Waals surface area contributed by atoms with Crippen molar-refractivity contribution in [2.45, 2.75) is 39.0 Å². The van der Waals surface area contributed by atoms with Crippen molar-refractivity contribution in [1.82, 2.24) is 4.98 Å². The van der Waals surface area contributed by atoms with Gasteiger partial charge in [0.25, 0.3) is 0 Å². The Morgan fingerprint density at radius 2 is 2.38 bits per heavy atom. The molecule has 16 heavy (non-hydrogen) atoms. The number of thiazole rings is 1. The van der Waals surface area contributed by atoms with Gasteiger partial charge in [-0.25, -0.2) is 9.78 Å². The fourth-order valence-electron chi connectivity index (χ4n) is 1.96. The lowest BCUT2D eigenvalue weighted by atomic mass is 9.97. The second-order valence-electron chi connectivity index (χ2n) is 4.05. The zero-order chi connectivity index (χ0) is 11.5. The second-order valence-corrected chi connectivity index (χ2v) is 5.21. The van der Waals surface area contributed by atoms with Crippen LogP contribution in [0.25, 0.3) is 0 Å². The molecule has 0 saturated carbocycles. The standard InChI is InChI=1S/C12H15NO2S/c1-2-3-11-13-9-5-4-8(7-12(14)15)6-10(9)16-11/h7H,2-6H2,1H3,(H,14,15)/b8-7+. The van der Waals surface area contributed by atoms with Gasteiger partial charge in [-0.3, -0.25) is 0 Å². The van der Waals surface area contributed by atoms with Crippen molar-refractivity contribution < 1.29 is 9.90 Å². The summed E-state index contributed by atoms with van der Waals surface area (Å²) in [4.78, 5) is 16.5. The minimum atomic E-state index is -0.836. The Labute approximate surface area is 98.8 Å². The summed E-state index contributed by atoms with van der Waals surface area (Å²) in [7, 11) is 0. The number of fused-ring (bicyclic) bond motifs is 1. The van der Waals surface area contributed by atoms with E-state index in [1.807, 2.05) is 0 Å². The highest BCUT2D eigenvalue weighted by molar-refractivity contribution is 7.11. The summed E-state index contributed by atoms with van der Waals surface area (Å²) in [5.41, 5.74) is 2.21. The first kappa shape index (κ1) is 11.3.